The number of amides is 1. The Hall–Kier alpha value is -3.20. The summed E-state index contributed by atoms with van der Waals surface area (Å²) in [5, 5.41) is 2.92. The summed E-state index contributed by atoms with van der Waals surface area (Å²) in [5.74, 6) is -0.284. The van der Waals surface area contributed by atoms with Crippen molar-refractivity contribution in [3.63, 3.8) is 0 Å². The molecule has 3 aromatic rings. The van der Waals surface area contributed by atoms with E-state index in [1.807, 2.05) is 42.5 Å². The summed E-state index contributed by atoms with van der Waals surface area (Å²) in [6.45, 7) is 0. The van der Waals surface area contributed by atoms with Gasteiger partial charge in [0.15, 0.2) is 5.78 Å². The lowest BCUT2D eigenvalue weighted by Gasteiger charge is -2.17. The summed E-state index contributed by atoms with van der Waals surface area (Å²) in [6, 6.07) is 22.2. The van der Waals surface area contributed by atoms with E-state index in [9.17, 15) is 9.59 Å². The minimum absolute atomic E-state index is 0.100. The van der Waals surface area contributed by atoms with Gasteiger partial charge in [-0.15, -0.1) is 0 Å². The van der Waals surface area contributed by atoms with Crippen molar-refractivity contribution in [1.82, 2.24) is 0 Å². The second kappa shape index (κ2) is 7.58. The van der Waals surface area contributed by atoms with Gasteiger partial charge < -0.3 is 5.32 Å². The number of anilines is 1. The second-order valence-corrected chi connectivity index (χ2v) is 6.89. The van der Waals surface area contributed by atoms with Crippen molar-refractivity contribution < 1.29 is 9.59 Å². The smallest absolute Gasteiger partial charge is 0.255 e. The average Bonchev–Trinajstić information content (AvgIpc) is 2.74. The second-order valence-electron chi connectivity index (χ2n) is 6.89. The maximum absolute atomic E-state index is 12.8. The van der Waals surface area contributed by atoms with Gasteiger partial charge in [-0.25, -0.2) is 0 Å². The first-order valence-electron chi connectivity index (χ1n) is 9.34. The Bertz CT molecular complexity index is 992. The number of hydrogen-bond acceptors (Lipinski definition) is 2. The number of para-hydroxylation sites is 1. The van der Waals surface area contributed by atoms with Crippen LogP contribution in [0.1, 0.15) is 50.2 Å². The Balaban J connectivity index is 1.60. The molecule has 0 heterocycles. The van der Waals surface area contributed by atoms with Crippen LogP contribution in [0.15, 0.2) is 72.8 Å². The molecular formula is C24H21NO2. The highest BCUT2D eigenvalue weighted by molar-refractivity contribution is 6.15. The van der Waals surface area contributed by atoms with E-state index in [0.29, 0.717) is 22.4 Å². The van der Waals surface area contributed by atoms with Crippen LogP contribution in [0.4, 0.5) is 5.69 Å². The number of carbonyl (C=O) groups excluding carboxylic acids is 2. The largest absolute Gasteiger partial charge is 0.321 e. The van der Waals surface area contributed by atoms with E-state index in [-0.39, 0.29) is 11.7 Å². The minimum Gasteiger partial charge on any atom is -0.321 e. The maximum atomic E-state index is 12.8. The van der Waals surface area contributed by atoms with Gasteiger partial charge >= 0.3 is 0 Å². The number of ketones is 1. The zero-order chi connectivity index (χ0) is 18.6. The predicted octanol–water partition coefficient (Wildman–Crippen LogP) is 5.05. The molecule has 3 nitrogen and oxygen atoms in total. The lowest BCUT2D eigenvalue weighted by Crippen LogP contribution is -2.16. The van der Waals surface area contributed by atoms with E-state index in [1.165, 1.54) is 24.0 Å². The molecule has 0 bridgehead atoms. The number of fused-ring (bicyclic) bond motifs is 1. The molecule has 0 radical (unpaired) electrons. The van der Waals surface area contributed by atoms with E-state index in [4.69, 9.17) is 0 Å². The molecular weight excluding hydrogens is 334 g/mol. The molecule has 3 heteroatoms. The van der Waals surface area contributed by atoms with Crippen LogP contribution in [0.3, 0.4) is 0 Å². The van der Waals surface area contributed by atoms with Gasteiger partial charge in [-0.1, -0.05) is 48.5 Å². The summed E-state index contributed by atoms with van der Waals surface area (Å²) >= 11 is 0. The number of rotatable bonds is 4. The average molecular weight is 355 g/mol. The molecule has 1 aliphatic rings. The van der Waals surface area contributed by atoms with Crippen LogP contribution < -0.4 is 5.32 Å². The fraction of sp³-hybridized carbons (Fsp3) is 0.167. The molecule has 0 atom stereocenters. The van der Waals surface area contributed by atoms with Crippen LogP contribution in [0.2, 0.25) is 0 Å². The van der Waals surface area contributed by atoms with Crippen molar-refractivity contribution in [2.45, 2.75) is 25.7 Å². The van der Waals surface area contributed by atoms with Gasteiger partial charge in [0.2, 0.25) is 0 Å². The molecule has 1 amide bonds. The van der Waals surface area contributed by atoms with Gasteiger partial charge in [-0.2, -0.15) is 0 Å². The molecule has 3 aromatic carbocycles. The van der Waals surface area contributed by atoms with Crippen molar-refractivity contribution in [2.24, 2.45) is 0 Å². The highest BCUT2D eigenvalue weighted by Gasteiger charge is 2.17. The summed E-state index contributed by atoms with van der Waals surface area (Å²) < 4.78 is 0. The predicted molar refractivity (Wildman–Crippen MR) is 107 cm³/mol. The summed E-state index contributed by atoms with van der Waals surface area (Å²) in [7, 11) is 0. The monoisotopic (exact) mass is 355 g/mol. The molecule has 0 aliphatic heterocycles. The zero-order valence-corrected chi connectivity index (χ0v) is 15.1. The Labute approximate surface area is 159 Å². The van der Waals surface area contributed by atoms with E-state index in [2.05, 4.69) is 11.4 Å². The first kappa shape index (κ1) is 17.2. The lowest BCUT2D eigenvalue weighted by atomic mass is 9.90. The number of aryl methyl sites for hydroxylation is 2. The third kappa shape index (κ3) is 3.68. The molecule has 0 saturated heterocycles. The van der Waals surface area contributed by atoms with Crippen molar-refractivity contribution in [2.75, 3.05) is 5.32 Å². The first-order chi connectivity index (χ1) is 13.2. The van der Waals surface area contributed by atoms with E-state index in [1.54, 1.807) is 24.3 Å². The van der Waals surface area contributed by atoms with Gasteiger partial charge in [0.1, 0.15) is 0 Å². The summed E-state index contributed by atoms with van der Waals surface area (Å²) in [5.41, 5.74) is 4.88. The Kier molecular flexibility index (Phi) is 4.84. The van der Waals surface area contributed by atoms with E-state index < -0.39 is 0 Å². The lowest BCUT2D eigenvalue weighted by molar-refractivity contribution is 0.102. The van der Waals surface area contributed by atoms with Crippen molar-refractivity contribution in [3.05, 3.63) is 101 Å². The Morgan fingerprint density at radius 1 is 0.704 bits per heavy atom. The van der Waals surface area contributed by atoms with Gasteiger partial charge in [0, 0.05) is 16.7 Å². The molecule has 1 N–H and O–H groups in total. The van der Waals surface area contributed by atoms with Crippen LogP contribution in [-0.2, 0) is 12.8 Å². The normalized spacial score (nSPS) is 12.9. The molecule has 0 aromatic heterocycles. The molecule has 0 saturated carbocycles. The highest BCUT2D eigenvalue weighted by atomic mass is 16.1. The molecule has 4 rings (SSSR count). The maximum Gasteiger partial charge on any atom is 0.255 e. The Morgan fingerprint density at radius 3 is 2.22 bits per heavy atom. The van der Waals surface area contributed by atoms with Crippen molar-refractivity contribution >= 4 is 17.4 Å². The van der Waals surface area contributed by atoms with Crippen LogP contribution in [-0.4, -0.2) is 11.7 Å². The Morgan fingerprint density at radius 2 is 1.41 bits per heavy atom. The topological polar surface area (TPSA) is 46.2 Å². The first-order valence-corrected chi connectivity index (χ1v) is 9.34. The van der Waals surface area contributed by atoms with Crippen LogP contribution in [0, 0.1) is 0 Å². The van der Waals surface area contributed by atoms with Crippen molar-refractivity contribution in [3.8, 4) is 0 Å². The molecule has 0 unspecified atom stereocenters. The van der Waals surface area contributed by atoms with Crippen LogP contribution >= 0.6 is 0 Å². The third-order valence-electron chi connectivity index (χ3n) is 5.07. The number of hydrogen-bond donors (Lipinski definition) is 1. The van der Waals surface area contributed by atoms with Gasteiger partial charge in [0.25, 0.3) is 5.91 Å². The number of benzene rings is 3. The third-order valence-corrected chi connectivity index (χ3v) is 5.07. The van der Waals surface area contributed by atoms with Crippen LogP contribution in [0.5, 0.6) is 0 Å². The highest BCUT2D eigenvalue weighted by Crippen LogP contribution is 2.24. The molecule has 27 heavy (non-hydrogen) atoms. The van der Waals surface area contributed by atoms with Gasteiger partial charge in [-0.3, -0.25) is 9.59 Å². The molecule has 0 spiro atoms. The number of carbonyl (C=O) groups is 2. The van der Waals surface area contributed by atoms with Gasteiger partial charge in [0.05, 0.1) is 5.69 Å². The van der Waals surface area contributed by atoms with Crippen LogP contribution in [0.25, 0.3) is 0 Å². The standard InChI is InChI=1S/C24H21NO2/c26-23(18-9-2-1-3-10-18)21-12-6-7-13-22(21)25-24(27)20-15-14-17-8-4-5-11-19(17)16-20/h1-3,6-7,9-10,12-16H,4-5,8,11H2,(H,25,27). The fourth-order valence-corrected chi connectivity index (χ4v) is 3.60. The van der Waals surface area contributed by atoms with E-state index in [0.717, 1.165) is 12.8 Å². The van der Waals surface area contributed by atoms with Gasteiger partial charge in [-0.05, 0) is 61.1 Å². The SMILES string of the molecule is O=C(Nc1ccccc1C(=O)c1ccccc1)c1ccc2c(c1)CCCC2. The molecule has 0 fully saturated rings. The summed E-state index contributed by atoms with van der Waals surface area (Å²) in [6.07, 6.45) is 4.51. The van der Waals surface area contributed by atoms with Crippen molar-refractivity contribution in [1.29, 1.82) is 0 Å². The quantitative estimate of drug-likeness (QED) is 0.666. The molecule has 134 valence electrons. The minimum atomic E-state index is -0.184. The molecule has 1 aliphatic carbocycles. The zero-order valence-electron chi connectivity index (χ0n) is 15.1. The summed E-state index contributed by atoms with van der Waals surface area (Å²) in [4.78, 5) is 25.6. The fourth-order valence-electron chi connectivity index (χ4n) is 3.60. The van der Waals surface area contributed by atoms with E-state index >= 15 is 0 Å². The number of nitrogens with one attached hydrogen (secondary N) is 1.